The number of anilines is 2. The van der Waals surface area contributed by atoms with E-state index >= 15 is 0 Å². The maximum Gasteiger partial charge on any atom is 0.323 e. The number of nitrogens with one attached hydrogen (secondary N) is 2. The number of nitrogens with zero attached hydrogens (tertiary/aromatic N) is 1. The van der Waals surface area contributed by atoms with Crippen molar-refractivity contribution < 1.29 is 14.4 Å². The summed E-state index contributed by atoms with van der Waals surface area (Å²) in [5.74, 6) is -0.476. The van der Waals surface area contributed by atoms with E-state index in [9.17, 15) is 14.4 Å². The van der Waals surface area contributed by atoms with Gasteiger partial charge < -0.3 is 10.6 Å². The molecule has 144 valence electrons. The Morgan fingerprint density at radius 1 is 0.857 bits per heavy atom. The number of amides is 4. The second-order valence-corrected chi connectivity index (χ2v) is 8.36. The maximum atomic E-state index is 12.8. The smallest absolute Gasteiger partial charge is 0.308 e. The van der Waals surface area contributed by atoms with Crippen LogP contribution in [0.25, 0.3) is 0 Å². The van der Waals surface area contributed by atoms with Crippen LogP contribution in [0.4, 0.5) is 16.2 Å². The van der Waals surface area contributed by atoms with Crippen molar-refractivity contribution in [3.05, 3.63) is 57.2 Å². The number of hydrogen-bond donors (Lipinski definition) is 2. The van der Waals surface area contributed by atoms with Gasteiger partial charge in [0.15, 0.2) is 0 Å². The van der Waals surface area contributed by atoms with Gasteiger partial charge in [0.25, 0.3) is 11.8 Å². The molecule has 0 unspecified atom stereocenters. The molecule has 7 heteroatoms. The molecule has 0 spiro atoms. The number of hydrogen-bond acceptors (Lipinski definition) is 3. The summed E-state index contributed by atoms with van der Waals surface area (Å²) in [6.45, 7) is 0. The topological polar surface area (TPSA) is 78.5 Å². The number of urea groups is 1. The van der Waals surface area contributed by atoms with Crippen molar-refractivity contribution in [2.24, 2.45) is 0 Å². The molecule has 2 aromatic carbocycles. The lowest BCUT2D eigenvalue weighted by Crippen LogP contribution is -2.40. The predicted molar refractivity (Wildman–Crippen MR) is 116 cm³/mol. The van der Waals surface area contributed by atoms with E-state index in [1.165, 1.54) is 4.90 Å². The van der Waals surface area contributed by atoms with Crippen molar-refractivity contribution in [2.75, 3.05) is 10.6 Å². The van der Waals surface area contributed by atoms with Gasteiger partial charge in [-0.25, -0.2) is 4.79 Å². The third-order valence-electron chi connectivity index (χ3n) is 5.22. The van der Waals surface area contributed by atoms with Crippen molar-refractivity contribution in [3.8, 4) is 0 Å². The average Bonchev–Trinajstić information content (AvgIpc) is 2.94. The molecule has 4 rings (SSSR count). The fraction of sp³-hybridized carbons (Fsp3) is 0.286. The molecular weight excluding hydrogens is 469 g/mol. The Balaban J connectivity index is 1.48. The van der Waals surface area contributed by atoms with E-state index in [2.05, 4.69) is 33.2 Å². The Morgan fingerprint density at radius 3 is 2.18 bits per heavy atom. The molecular formula is C21H20IN3O3. The summed E-state index contributed by atoms with van der Waals surface area (Å²) < 4.78 is 1.08. The van der Waals surface area contributed by atoms with Crippen molar-refractivity contribution in [2.45, 2.75) is 38.1 Å². The van der Waals surface area contributed by atoms with Gasteiger partial charge >= 0.3 is 6.03 Å². The average molecular weight is 489 g/mol. The van der Waals surface area contributed by atoms with E-state index in [4.69, 9.17) is 0 Å². The molecule has 0 aromatic heterocycles. The van der Waals surface area contributed by atoms with E-state index in [1.54, 1.807) is 18.2 Å². The van der Waals surface area contributed by atoms with Gasteiger partial charge in [-0.1, -0.05) is 19.3 Å². The van der Waals surface area contributed by atoms with Gasteiger partial charge in [-0.2, -0.15) is 0 Å². The van der Waals surface area contributed by atoms with Crippen LogP contribution in [0.3, 0.4) is 0 Å². The van der Waals surface area contributed by atoms with Crippen LogP contribution >= 0.6 is 22.6 Å². The maximum absolute atomic E-state index is 12.8. The predicted octanol–water partition coefficient (Wildman–Crippen LogP) is 4.86. The molecule has 1 aliphatic carbocycles. The SMILES string of the molecule is O=C(Nc1ccc(I)cc1)Nc1ccc2c(c1)C(=O)N(C1CCCCC1)C2=O. The molecule has 2 N–H and O–H groups in total. The van der Waals surface area contributed by atoms with Crippen molar-refractivity contribution in [1.82, 2.24) is 4.90 Å². The summed E-state index contributed by atoms with van der Waals surface area (Å²) in [4.78, 5) is 39.2. The zero-order valence-corrected chi connectivity index (χ0v) is 17.4. The van der Waals surface area contributed by atoms with Crippen molar-refractivity contribution >= 4 is 51.8 Å². The van der Waals surface area contributed by atoms with Crippen LogP contribution in [0.1, 0.15) is 52.8 Å². The summed E-state index contributed by atoms with van der Waals surface area (Å²) in [6.07, 6.45) is 4.99. The Morgan fingerprint density at radius 2 is 1.46 bits per heavy atom. The molecule has 0 atom stereocenters. The lowest BCUT2D eigenvalue weighted by atomic mass is 9.94. The van der Waals surface area contributed by atoms with Crippen LogP contribution in [0.15, 0.2) is 42.5 Å². The monoisotopic (exact) mass is 489 g/mol. The molecule has 1 saturated carbocycles. The fourth-order valence-corrected chi connectivity index (χ4v) is 4.19. The zero-order chi connectivity index (χ0) is 19.7. The van der Waals surface area contributed by atoms with Gasteiger partial charge in [0.2, 0.25) is 0 Å². The number of halogens is 1. The standard InChI is InChI=1S/C21H20IN3O3/c22-13-6-8-14(9-7-13)23-21(28)24-15-10-11-17-18(12-15)20(27)25(19(17)26)16-4-2-1-3-5-16/h6-12,16H,1-5H2,(H2,23,24,28). The molecule has 1 aliphatic heterocycles. The highest BCUT2D eigenvalue weighted by atomic mass is 127. The second kappa shape index (κ2) is 7.90. The highest BCUT2D eigenvalue weighted by Gasteiger charge is 2.40. The highest BCUT2D eigenvalue weighted by molar-refractivity contribution is 14.1. The van der Waals surface area contributed by atoms with Gasteiger partial charge in [0.1, 0.15) is 0 Å². The van der Waals surface area contributed by atoms with E-state index in [0.717, 1.165) is 35.7 Å². The molecule has 0 radical (unpaired) electrons. The molecule has 0 bridgehead atoms. The first-order valence-corrected chi connectivity index (χ1v) is 10.5. The van der Waals surface area contributed by atoms with E-state index in [0.29, 0.717) is 22.5 Å². The summed E-state index contributed by atoms with van der Waals surface area (Å²) in [5, 5.41) is 5.48. The summed E-state index contributed by atoms with van der Waals surface area (Å²) >= 11 is 2.19. The fourth-order valence-electron chi connectivity index (χ4n) is 3.83. The number of carbonyl (C=O) groups is 3. The zero-order valence-electron chi connectivity index (χ0n) is 15.2. The minimum Gasteiger partial charge on any atom is -0.308 e. The largest absolute Gasteiger partial charge is 0.323 e. The Bertz CT molecular complexity index is 936. The summed E-state index contributed by atoms with van der Waals surface area (Å²) in [7, 11) is 0. The van der Waals surface area contributed by atoms with Gasteiger partial charge in [-0.05, 0) is 77.9 Å². The first-order valence-electron chi connectivity index (χ1n) is 9.38. The number of rotatable bonds is 3. The molecule has 6 nitrogen and oxygen atoms in total. The molecule has 1 heterocycles. The van der Waals surface area contributed by atoms with Gasteiger partial charge in [0, 0.05) is 21.0 Å². The molecule has 2 aliphatic rings. The number of benzene rings is 2. The summed E-state index contributed by atoms with van der Waals surface area (Å²) in [6, 6.07) is 11.9. The second-order valence-electron chi connectivity index (χ2n) is 7.12. The number of fused-ring (bicyclic) bond motifs is 1. The number of carbonyl (C=O) groups excluding carboxylic acids is 3. The van der Waals surface area contributed by atoms with Gasteiger partial charge in [-0.15, -0.1) is 0 Å². The van der Waals surface area contributed by atoms with Gasteiger partial charge in [0.05, 0.1) is 11.1 Å². The van der Waals surface area contributed by atoms with Crippen LogP contribution in [0, 0.1) is 3.57 Å². The number of imide groups is 1. The van der Waals surface area contributed by atoms with Crippen LogP contribution in [0.2, 0.25) is 0 Å². The van der Waals surface area contributed by atoms with Crippen molar-refractivity contribution in [1.29, 1.82) is 0 Å². The van der Waals surface area contributed by atoms with Crippen LogP contribution < -0.4 is 10.6 Å². The van der Waals surface area contributed by atoms with E-state index in [1.807, 2.05) is 24.3 Å². The third kappa shape index (κ3) is 3.76. The minimum atomic E-state index is -0.401. The molecule has 4 amide bonds. The minimum absolute atomic E-state index is 0.0123. The third-order valence-corrected chi connectivity index (χ3v) is 5.94. The molecule has 1 fully saturated rings. The Kier molecular flexibility index (Phi) is 5.34. The van der Waals surface area contributed by atoms with Crippen molar-refractivity contribution in [3.63, 3.8) is 0 Å². The molecule has 28 heavy (non-hydrogen) atoms. The Hall–Kier alpha value is -2.42. The van der Waals surface area contributed by atoms with Crippen LogP contribution in [-0.4, -0.2) is 28.8 Å². The Labute approximate surface area is 176 Å². The first kappa shape index (κ1) is 18.9. The van der Waals surface area contributed by atoms with Crippen LogP contribution in [-0.2, 0) is 0 Å². The molecule has 0 saturated heterocycles. The normalized spacial score (nSPS) is 16.8. The quantitative estimate of drug-likeness (QED) is 0.478. The lowest BCUT2D eigenvalue weighted by Gasteiger charge is -2.29. The molecule has 2 aromatic rings. The first-order chi connectivity index (χ1) is 13.5. The van der Waals surface area contributed by atoms with Gasteiger partial charge in [-0.3, -0.25) is 14.5 Å². The lowest BCUT2D eigenvalue weighted by molar-refractivity contribution is 0.0549. The van der Waals surface area contributed by atoms with Crippen LogP contribution in [0.5, 0.6) is 0 Å². The summed E-state index contributed by atoms with van der Waals surface area (Å²) in [5.41, 5.74) is 1.93. The van der Waals surface area contributed by atoms with E-state index < -0.39 is 6.03 Å². The highest BCUT2D eigenvalue weighted by Crippen LogP contribution is 2.32. The van der Waals surface area contributed by atoms with E-state index in [-0.39, 0.29) is 17.9 Å².